The normalized spacial score (nSPS) is 11.5. The minimum atomic E-state index is -3.78. The molecule has 0 aliphatic rings. The van der Waals surface area contributed by atoms with Crippen molar-refractivity contribution in [3.8, 4) is 11.3 Å². The van der Waals surface area contributed by atoms with Crippen molar-refractivity contribution in [2.75, 3.05) is 4.72 Å². The van der Waals surface area contributed by atoms with Crippen LogP contribution in [-0.4, -0.2) is 13.4 Å². The number of sulfonamides is 1. The van der Waals surface area contributed by atoms with Crippen LogP contribution in [0.4, 0.5) is 13.9 Å². The summed E-state index contributed by atoms with van der Waals surface area (Å²) >= 11 is 1.07. The summed E-state index contributed by atoms with van der Waals surface area (Å²) in [7, 11) is -3.78. The zero-order valence-corrected chi connectivity index (χ0v) is 15.0. The Hall–Kier alpha value is -2.32. The van der Waals surface area contributed by atoms with Crippen molar-refractivity contribution in [2.24, 2.45) is 0 Å². The largest absolute Gasteiger partial charge is 0.263 e. The van der Waals surface area contributed by atoms with Crippen molar-refractivity contribution < 1.29 is 17.2 Å². The maximum Gasteiger partial charge on any atom is 0.263 e. The van der Waals surface area contributed by atoms with Crippen molar-refractivity contribution in [3.63, 3.8) is 0 Å². The number of nitrogens with zero attached hydrogens (tertiary/aromatic N) is 1. The number of nitrogens with one attached hydrogen (secondary N) is 1. The Labute approximate surface area is 148 Å². The number of thiazole rings is 1. The van der Waals surface area contributed by atoms with E-state index in [2.05, 4.69) is 9.71 Å². The Balaban J connectivity index is 1.88. The maximum absolute atomic E-state index is 13.3. The minimum Gasteiger partial charge on any atom is -0.255 e. The van der Waals surface area contributed by atoms with E-state index < -0.39 is 21.7 Å². The molecule has 0 aliphatic heterocycles. The van der Waals surface area contributed by atoms with Crippen LogP contribution in [0.1, 0.15) is 11.1 Å². The molecule has 0 unspecified atom stereocenters. The van der Waals surface area contributed by atoms with Gasteiger partial charge in [-0.1, -0.05) is 17.7 Å². The molecular weight excluding hydrogens is 366 g/mol. The molecule has 0 fully saturated rings. The van der Waals surface area contributed by atoms with E-state index >= 15 is 0 Å². The Morgan fingerprint density at radius 2 is 1.80 bits per heavy atom. The summed E-state index contributed by atoms with van der Waals surface area (Å²) in [4.78, 5) is 4.32. The molecule has 0 spiro atoms. The van der Waals surface area contributed by atoms with Crippen molar-refractivity contribution in [2.45, 2.75) is 18.7 Å². The van der Waals surface area contributed by atoms with Gasteiger partial charge in [-0.3, -0.25) is 4.72 Å². The van der Waals surface area contributed by atoms with Crippen LogP contribution in [0.25, 0.3) is 11.3 Å². The number of anilines is 1. The second-order valence-electron chi connectivity index (χ2n) is 5.54. The van der Waals surface area contributed by atoms with Gasteiger partial charge in [0.2, 0.25) is 0 Å². The third-order valence-corrected chi connectivity index (χ3v) is 5.95. The molecule has 1 aromatic heterocycles. The highest BCUT2D eigenvalue weighted by molar-refractivity contribution is 7.93. The topological polar surface area (TPSA) is 59.1 Å². The van der Waals surface area contributed by atoms with Gasteiger partial charge in [-0.25, -0.2) is 22.2 Å². The summed E-state index contributed by atoms with van der Waals surface area (Å²) in [6, 6.07) is 8.45. The zero-order valence-electron chi connectivity index (χ0n) is 13.4. The van der Waals surface area contributed by atoms with Gasteiger partial charge < -0.3 is 0 Å². The molecule has 0 bridgehead atoms. The molecule has 3 rings (SSSR count). The molecule has 25 heavy (non-hydrogen) atoms. The van der Waals surface area contributed by atoms with Crippen molar-refractivity contribution in [3.05, 3.63) is 64.5 Å². The molecule has 0 amide bonds. The molecule has 130 valence electrons. The standard InChI is InChI=1S/C17H14F2N2O2S2/c1-10-3-6-16(11(2)7-10)25(22,23)21-17-20-15(9-24-17)12-4-5-13(18)14(19)8-12/h3-9H,1-2H3,(H,20,21). The lowest BCUT2D eigenvalue weighted by atomic mass is 10.2. The predicted octanol–water partition coefficient (Wildman–Crippen LogP) is 4.51. The number of hydrogen-bond donors (Lipinski definition) is 1. The van der Waals surface area contributed by atoms with Gasteiger partial charge in [0.25, 0.3) is 10.0 Å². The number of halogens is 2. The molecule has 0 radical (unpaired) electrons. The number of rotatable bonds is 4. The molecule has 3 aromatic rings. The Kier molecular flexibility index (Phi) is 4.57. The average Bonchev–Trinajstić information content (AvgIpc) is 2.97. The van der Waals surface area contributed by atoms with Crippen LogP contribution in [0.15, 0.2) is 46.7 Å². The van der Waals surface area contributed by atoms with Gasteiger partial charge in [-0.15, -0.1) is 11.3 Å². The van der Waals surface area contributed by atoms with Gasteiger partial charge in [0.1, 0.15) is 0 Å². The summed E-state index contributed by atoms with van der Waals surface area (Å²) in [6.07, 6.45) is 0. The van der Waals surface area contributed by atoms with Gasteiger partial charge in [0.05, 0.1) is 10.6 Å². The van der Waals surface area contributed by atoms with Crippen LogP contribution in [0.2, 0.25) is 0 Å². The van der Waals surface area contributed by atoms with Gasteiger partial charge in [-0.05, 0) is 43.7 Å². The van der Waals surface area contributed by atoms with Crippen molar-refractivity contribution >= 4 is 26.5 Å². The molecule has 2 aromatic carbocycles. The van der Waals surface area contributed by atoms with Crippen LogP contribution < -0.4 is 4.72 Å². The second kappa shape index (κ2) is 6.53. The lowest BCUT2D eigenvalue weighted by Gasteiger charge is -2.08. The molecule has 0 atom stereocenters. The first-order valence-corrected chi connectivity index (χ1v) is 9.63. The molecule has 4 nitrogen and oxygen atoms in total. The van der Waals surface area contributed by atoms with Crippen LogP contribution in [0.3, 0.4) is 0 Å². The van der Waals surface area contributed by atoms with Gasteiger partial charge in [-0.2, -0.15) is 0 Å². The lowest BCUT2D eigenvalue weighted by molar-refractivity contribution is 0.509. The lowest BCUT2D eigenvalue weighted by Crippen LogP contribution is -2.14. The molecule has 0 saturated heterocycles. The number of aryl methyl sites for hydroxylation is 2. The molecule has 0 aliphatic carbocycles. The summed E-state index contributed by atoms with van der Waals surface area (Å²) < 4.78 is 53.8. The number of benzene rings is 2. The SMILES string of the molecule is Cc1ccc(S(=O)(=O)Nc2nc(-c3ccc(F)c(F)c3)cs2)c(C)c1. The van der Waals surface area contributed by atoms with Crippen LogP contribution >= 0.6 is 11.3 Å². The predicted molar refractivity (Wildman–Crippen MR) is 94.2 cm³/mol. The number of aromatic nitrogens is 1. The first-order valence-electron chi connectivity index (χ1n) is 7.27. The molecule has 0 saturated carbocycles. The summed E-state index contributed by atoms with van der Waals surface area (Å²) in [6.45, 7) is 3.60. The van der Waals surface area contributed by atoms with E-state index in [-0.39, 0.29) is 10.0 Å². The zero-order chi connectivity index (χ0) is 18.2. The second-order valence-corrected chi connectivity index (χ2v) is 8.05. The van der Waals surface area contributed by atoms with E-state index in [4.69, 9.17) is 0 Å². The van der Waals surface area contributed by atoms with Gasteiger partial charge in [0.15, 0.2) is 16.8 Å². The van der Waals surface area contributed by atoms with Crippen LogP contribution in [0.5, 0.6) is 0 Å². The van der Waals surface area contributed by atoms with Gasteiger partial charge in [0, 0.05) is 10.9 Å². The van der Waals surface area contributed by atoms with E-state index in [1.807, 2.05) is 6.92 Å². The number of hydrogen-bond acceptors (Lipinski definition) is 4. The fourth-order valence-corrected chi connectivity index (χ4v) is 4.58. The quantitative estimate of drug-likeness (QED) is 0.725. The third kappa shape index (κ3) is 3.69. The minimum absolute atomic E-state index is 0.153. The van der Waals surface area contributed by atoms with E-state index in [0.717, 1.165) is 29.0 Å². The molecule has 8 heteroatoms. The van der Waals surface area contributed by atoms with E-state index in [9.17, 15) is 17.2 Å². The molecule has 1 N–H and O–H groups in total. The summed E-state index contributed by atoms with van der Waals surface area (Å²) in [5.41, 5.74) is 2.32. The van der Waals surface area contributed by atoms with E-state index in [0.29, 0.717) is 16.8 Å². The highest BCUT2D eigenvalue weighted by Crippen LogP contribution is 2.28. The Morgan fingerprint density at radius 1 is 1.04 bits per heavy atom. The fraction of sp³-hybridized carbons (Fsp3) is 0.118. The summed E-state index contributed by atoms with van der Waals surface area (Å²) in [5, 5.41) is 1.73. The highest BCUT2D eigenvalue weighted by Gasteiger charge is 2.19. The molecule has 1 heterocycles. The fourth-order valence-electron chi connectivity index (χ4n) is 2.38. The van der Waals surface area contributed by atoms with E-state index in [1.54, 1.807) is 24.4 Å². The van der Waals surface area contributed by atoms with Crippen LogP contribution in [0, 0.1) is 25.5 Å². The Morgan fingerprint density at radius 3 is 2.48 bits per heavy atom. The van der Waals surface area contributed by atoms with Crippen LogP contribution in [-0.2, 0) is 10.0 Å². The van der Waals surface area contributed by atoms with E-state index in [1.165, 1.54) is 12.1 Å². The summed E-state index contributed by atoms with van der Waals surface area (Å²) in [5.74, 6) is -1.93. The van der Waals surface area contributed by atoms with Gasteiger partial charge >= 0.3 is 0 Å². The monoisotopic (exact) mass is 380 g/mol. The average molecular weight is 380 g/mol. The first kappa shape index (κ1) is 17.5. The van der Waals surface area contributed by atoms with Crippen molar-refractivity contribution in [1.82, 2.24) is 4.98 Å². The highest BCUT2D eigenvalue weighted by atomic mass is 32.2. The molecular formula is C17H14F2N2O2S2. The smallest absolute Gasteiger partial charge is 0.255 e. The Bertz CT molecular complexity index is 1050. The first-order chi connectivity index (χ1) is 11.8. The van der Waals surface area contributed by atoms with Crippen molar-refractivity contribution in [1.29, 1.82) is 0 Å². The third-order valence-electron chi connectivity index (χ3n) is 3.56. The maximum atomic E-state index is 13.3.